The first kappa shape index (κ1) is 31.9. The minimum atomic E-state index is -0.316. The number of hydrogen-bond donors (Lipinski definition) is 1. The average Bonchev–Trinajstić information content (AvgIpc) is 3.48. The maximum atomic E-state index is 14.1. The minimum absolute atomic E-state index is 0.0856. The molecule has 4 aromatic rings. The van der Waals surface area contributed by atoms with Gasteiger partial charge in [0.25, 0.3) is 11.5 Å². The number of hydrazine groups is 1. The highest BCUT2D eigenvalue weighted by atomic mass is 16.5. The molecule has 1 amide bonds. The zero-order valence-electron chi connectivity index (χ0n) is 28.5. The lowest BCUT2D eigenvalue weighted by Gasteiger charge is -2.52. The molecule has 12 nitrogen and oxygen atoms in total. The number of amides is 1. The summed E-state index contributed by atoms with van der Waals surface area (Å²) in [4.78, 5) is 41.6. The van der Waals surface area contributed by atoms with Gasteiger partial charge in [-0.1, -0.05) is 6.07 Å². The number of ether oxygens (including phenoxy) is 1. The van der Waals surface area contributed by atoms with Crippen LogP contribution in [-0.4, -0.2) is 91.0 Å². The lowest BCUT2D eigenvalue weighted by Crippen LogP contribution is -2.66. The van der Waals surface area contributed by atoms with Gasteiger partial charge in [0.2, 0.25) is 0 Å². The monoisotopic (exact) mass is 664 g/mol. The molecule has 4 aliphatic rings. The predicted molar refractivity (Wildman–Crippen MR) is 187 cm³/mol. The molecule has 2 fully saturated rings. The quantitative estimate of drug-likeness (QED) is 0.317. The van der Waals surface area contributed by atoms with Gasteiger partial charge in [-0.15, -0.1) is 0 Å². The number of nitrogens with zero attached hydrogens (tertiary/aromatic N) is 8. The van der Waals surface area contributed by atoms with E-state index in [1.807, 2.05) is 35.3 Å². The van der Waals surface area contributed by atoms with E-state index >= 15 is 0 Å². The smallest absolute Gasteiger partial charge is 0.276 e. The first-order valence-electron chi connectivity index (χ1n) is 17.5. The lowest BCUT2D eigenvalue weighted by molar-refractivity contribution is -0.102. The van der Waals surface area contributed by atoms with Gasteiger partial charge in [-0.3, -0.25) is 24.4 Å². The number of piperazine rings is 1. The Hall–Kier alpha value is -4.36. The summed E-state index contributed by atoms with van der Waals surface area (Å²) in [6.07, 6.45) is 9.53. The van der Waals surface area contributed by atoms with E-state index in [0.717, 1.165) is 56.6 Å². The van der Waals surface area contributed by atoms with Gasteiger partial charge < -0.3 is 19.0 Å². The molecule has 1 aliphatic carbocycles. The molecule has 0 bridgehead atoms. The van der Waals surface area contributed by atoms with E-state index in [9.17, 15) is 14.7 Å². The fourth-order valence-corrected chi connectivity index (χ4v) is 8.18. The molecule has 12 heteroatoms. The molecular weight excluding hydrogens is 620 g/mol. The van der Waals surface area contributed by atoms with Gasteiger partial charge in [-0.2, -0.15) is 0 Å². The van der Waals surface area contributed by atoms with Crippen molar-refractivity contribution >= 4 is 23.2 Å². The van der Waals surface area contributed by atoms with Crippen LogP contribution in [0.3, 0.4) is 0 Å². The second-order valence-corrected chi connectivity index (χ2v) is 13.9. The molecule has 4 aromatic heterocycles. The van der Waals surface area contributed by atoms with Crippen LogP contribution in [0.25, 0.3) is 11.1 Å². The Kier molecular flexibility index (Phi) is 8.35. The molecular formula is C37H44N8O4. The molecule has 0 saturated carbocycles. The van der Waals surface area contributed by atoms with Crippen LogP contribution in [0.2, 0.25) is 0 Å². The largest absolute Gasteiger partial charge is 0.392 e. The molecule has 0 aromatic carbocycles. The van der Waals surface area contributed by atoms with Crippen molar-refractivity contribution in [1.82, 2.24) is 29.0 Å². The maximum absolute atomic E-state index is 14.1. The van der Waals surface area contributed by atoms with Gasteiger partial charge >= 0.3 is 0 Å². The molecule has 0 radical (unpaired) electrons. The van der Waals surface area contributed by atoms with Crippen molar-refractivity contribution in [3.05, 3.63) is 87.9 Å². The minimum Gasteiger partial charge on any atom is -0.392 e. The standard InChI is InChI=1S/C37H44N8O4/c1-24-19-44(25(2)18-43(24)28-22-49-23-28)45(34-10-6-7-12-38-34)33-17-27(20-40(3)36(33)47)29-11-13-39-35(30(29)21-46)42-15-14-41-31-9-5-4-8-26(31)16-32(41)37(42)48/h6-7,10-13,16-17,20,24-25,28,46H,4-5,8-9,14-15,18-19,21-23H2,1-3H3/t24-,25+/m1/s1. The highest BCUT2D eigenvalue weighted by Gasteiger charge is 2.40. The van der Waals surface area contributed by atoms with Crippen LogP contribution in [0.1, 0.15) is 54.0 Å². The third kappa shape index (κ3) is 5.47. The van der Waals surface area contributed by atoms with E-state index in [1.165, 1.54) is 11.3 Å². The van der Waals surface area contributed by atoms with Crippen molar-refractivity contribution in [1.29, 1.82) is 0 Å². The molecule has 3 aliphatic heterocycles. The number of carbonyl (C=O) groups excluding carboxylic acids is 1. The van der Waals surface area contributed by atoms with E-state index in [1.54, 1.807) is 35.1 Å². The Labute approximate surface area is 286 Å². The molecule has 7 heterocycles. The van der Waals surface area contributed by atoms with Gasteiger partial charge in [0.15, 0.2) is 0 Å². The second kappa shape index (κ2) is 12.8. The summed E-state index contributed by atoms with van der Waals surface area (Å²) in [5.74, 6) is 1.00. The van der Waals surface area contributed by atoms with Crippen LogP contribution in [0.5, 0.6) is 0 Å². The fourth-order valence-electron chi connectivity index (χ4n) is 8.18. The summed E-state index contributed by atoms with van der Waals surface area (Å²) >= 11 is 0. The summed E-state index contributed by atoms with van der Waals surface area (Å²) in [5.41, 5.74) is 5.55. The summed E-state index contributed by atoms with van der Waals surface area (Å²) in [6, 6.07) is 12.3. The van der Waals surface area contributed by atoms with Gasteiger partial charge in [-0.25, -0.2) is 15.0 Å². The SMILES string of the molecule is C[C@@H]1CN(N(c2ccccn2)c2cc(-c3ccnc(N4CCn5c(cc6c5CCCC6)C4=O)c3CO)cn(C)c2=O)[C@@H](C)CN1C1COC1. The number of aromatic nitrogens is 4. The Morgan fingerprint density at radius 2 is 1.82 bits per heavy atom. The molecule has 0 unspecified atom stereocenters. The van der Waals surface area contributed by atoms with Gasteiger partial charge in [0.1, 0.15) is 23.0 Å². The zero-order valence-corrected chi connectivity index (χ0v) is 28.5. The van der Waals surface area contributed by atoms with E-state index in [-0.39, 0.29) is 30.2 Å². The van der Waals surface area contributed by atoms with Crippen LogP contribution in [0.15, 0.2) is 59.8 Å². The van der Waals surface area contributed by atoms with Crippen LogP contribution < -0.4 is 15.5 Å². The van der Waals surface area contributed by atoms with Gasteiger partial charge in [0, 0.05) is 80.7 Å². The number of rotatable bonds is 7. The Morgan fingerprint density at radius 3 is 2.57 bits per heavy atom. The van der Waals surface area contributed by atoms with E-state index < -0.39 is 0 Å². The maximum Gasteiger partial charge on any atom is 0.276 e. The molecule has 256 valence electrons. The van der Waals surface area contributed by atoms with E-state index in [4.69, 9.17) is 9.72 Å². The predicted octanol–water partition coefficient (Wildman–Crippen LogP) is 3.52. The number of fused-ring (bicyclic) bond motifs is 3. The summed E-state index contributed by atoms with van der Waals surface area (Å²) < 4.78 is 9.28. The number of pyridine rings is 3. The first-order chi connectivity index (χ1) is 23.8. The highest BCUT2D eigenvalue weighted by molar-refractivity contribution is 6.06. The average molecular weight is 665 g/mol. The Balaban J connectivity index is 1.19. The Morgan fingerprint density at radius 1 is 0.980 bits per heavy atom. The molecule has 0 spiro atoms. The van der Waals surface area contributed by atoms with Crippen molar-refractivity contribution in [2.75, 3.05) is 42.8 Å². The highest BCUT2D eigenvalue weighted by Crippen LogP contribution is 2.36. The number of aliphatic hydroxyl groups excluding tert-OH is 1. The van der Waals surface area contributed by atoms with Crippen LogP contribution in [0, 0.1) is 0 Å². The van der Waals surface area contributed by atoms with Crippen LogP contribution >= 0.6 is 0 Å². The molecule has 2 saturated heterocycles. The zero-order chi connectivity index (χ0) is 33.8. The topological polar surface area (TPSA) is 112 Å². The normalized spacial score (nSPS) is 21.7. The van der Waals surface area contributed by atoms with E-state index in [0.29, 0.717) is 54.3 Å². The lowest BCUT2D eigenvalue weighted by atomic mass is 9.98. The number of anilines is 3. The van der Waals surface area contributed by atoms with Gasteiger partial charge in [0.05, 0.1) is 25.9 Å². The first-order valence-corrected chi connectivity index (χ1v) is 17.5. The molecule has 2 atom stereocenters. The van der Waals surface area contributed by atoms with Crippen LogP contribution in [0.4, 0.5) is 17.3 Å². The molecule has 49 heavy (non-hydrogen) atoms. The second-order valence-electron chi connectivity index (χ2n) is 13.9. The number of aryl methyl sites for hydroxylation is 2. The van der Waals surface area contributed by atoms with Gasteiger partial charge in [-0.05, 0) is 81.0 Å². The van der Waals surface area contributed by atoms with Crippen molar-refractivity contribution in [3.63, 3.8) is 0 Å². The van der Waals surface area contributed by atoms with E-state index in [2.05, 4.69) is 39.4 Å². The van der Waals surface area contributed by atoms with Crippen molar-refractivity contribution in [3.8, 4) is 11.1 Å². The number of carbonyl (C=O) groups is 1. The van der Waals surface area contributed by atoms with Crippen molar-refractivity contribution < 1.29 is 14.6 Å². The van der Waals surface area contributed by atoms with Crippen molar-refractivity contribution in [2.45, 2.75) is 70.8 Å². The van der Waals surface area contributed by atoms with Crippen LogP contribution in [-0.2, 0) is 37.8 Å². The van der Waals surface area contributed by atoms with Crippen molar-refractivity contribution in [2.24, 2.45) is 7.05 Å². The number of aliphatic hydroxyl groups is 1. The third-order valence-electron chi connectivity index (χ3n) is 10.8. The Bertz CT molecular complexity index is 1940. The summed E-state index contributed by atoms with van der Waals surface area (Å²) in [7, 11) is 1.75. The summed E-state index contributed by atoms with van der Waals surface area (Å²) in [5, 5.41) is 15.1. The number of hydrogen-bond acceptors (Lipinski definition) is 9. The fraction of sp³-hybridized carbons (Fsp3) is 0.459. The third-order valence-corrected chi connectivity index (χ3v) is 10.8. The summed E-state index contributed by atoms with van der Waals surface area (Å²) in [6.45, 7) is 8.29. The molecule has 1 N–H and O–H groups in total. The molecule has 8 rings (SSSR count).